The number of rotatable bonds is 2. The summed E-state index contributed by atoms with van der Waals surface area (Å²) in [6, 6.07) is 10.1. The van der Waals surface area contributed by atoms with Gasteiger partial charge >= 0.3 is 0 Å². The lowest BCUT2D eigenvalue weighted by atomic mass is 10.2. The van der Waals surface area contributed by atoms with Crippen molar-refractivity contribution in [3.63, 3.8) is 0 Å². The number of nitrogens with two attached hydrogens (primary N) is 1. The lowest BCUT2D eigenvalue weighted by Gasteiger charge is -2.06. The summed E-state index contributed by atoms with van der Waals surface area (Å²) in [5.41, 5.74) is 6.90. The molecule has 92 valence electrons. The molecule has 0 saturated carbocycles. The van der Waals surface area contributed by atoms with Crippen LogP contribution in [-0.2, 0) is 0 Å². The number of hydrogen-bond acceptors (Lipinski definition) is 2. The number of amides is 1. The minimum absolute atomic E-state index is 0.337. The Morgan fingerprint density at radius 2 is 1.83 bits per heavy atom. The van der Waals surface area contributed by atoms with Crippen molar-refractivity contribution >= 4 is 28.9 Å². The summed E-state index contributed by atoms with van der Waals surface area (Å²) in [4.78, 5) is 11.8. The standard InChI is InChI=1S/C13H10ClFN2O/c14-11-7-10(5-6-12(11)16)17-13(18)8-1-3-9(15)4-2-8/h1-7H,16H2,(H,17,18). The van der Waals surface area contributed by atoms with Gasteiger partial charge in [-0.2, -0.15) is 0 Å². The van der Waals surface area contributed by atoms with Crippen LogP contribution in [0.3, 0.4) is 0 Å². The zero-order valence-corrected chi connectivity index (χ0v) is 10.0. The van der Waals surface area contributed by atoms with Crippen LogP contribution in [0.5, 0.6) is 0 Å². The Morgan fingerprint density at radius 3 is 2.44 bits per heavy atom. The number of halogens is 2. The highest BCUT2D eigenvalue weighted by Crippen LogP contribution is 2.22. The van der Waals surface area contributed by atoms with E-state index in [2.05, 4.69) is 5.32 Å². The number of nitrogens with one attached hydrogen (secondary N) is 1. The molecule has 0 heterocycles. The van der Waals surface area contributed by atoms with Crippen LogP contribution < -0.4 is 11.1 Å². The topological polar surface area (TPSA) is 55.1 Å². The summed E-state index contributed by atoms with van der Waals surface area (Å²) in [6.07, 6.45) is 0. The molecule has 2 rings (SSSR count). The van der Waals surface area contributed by atoms with Gasteiger partial charge < -0.3 is 11.1 Å². The monoisotopic (exact) mass is 264 g/mol. The minimum atomic E-state index is -0.387. The van der Waals surface area contributed by atoms with Gasteiger partial charge in [0.2, 0.25) is 0 Å². The number of nitrogen functional groups attached to an aromatic ring is 1. The van der Waals surface area contributed by atoms with Gasteiger partial charge in [0.25, 0.3) is 5.91 Å². The van der Waals surface area contributed by atoms with E-state index in [1.54, 1.807) is 18.2 Å². The number of benzene rings is 2. The normalized spacial score (nSPS) is 10.1. The SMILES string of the molecule is Nc1ccc(NC(=O)c2ccc(F)cc2)cc1Cl. The second-order valence-corrected chi connectivity index (χ2v) is 4.10. The third-order valence-corrected chi connectivity index (χ3v) is 2.69. The average molecular weight is 265 g/mol. The Kier molecular flexibility index (Phi) is 3.48. The highest BCUT2D eigenvalue weighted by molar-refractivity contribution is 6.33. The Labute approximate surface area is 108 Å². The van der Waals surface area contributed by atoms with Crippen molar-refractivity contribution < 1.29 is 9.18 Å². The molecule has 0 radical (unpaired) electrons. The van der Waals surface area contributed by atoms with E-state index < -0.39 is 0 Å². The molecule has 5 heteroatoms. The third-order valence-electron chi connectivity index (χ3n) is 2.36. The Hall–Kier alpha value is -2.07. The quantitative estimate of drug-likeness (QED) is 0.818. The van der Waals surface area contributed by atoms with Crippen LogP contribution in [0.25, 0.3) is 0 Å². The first-order valence-electron chi connectivity index (χ1n) is 5.18. The van der Waals surface area contributed by atoms with E-state index in [9.17, 15) is 9.18 Å². The van der Waals surface area contributed by atoms with Gasteiger partial charge in [-0.05, 0) is 42.5 Å². The van der Waals surface area contributed by atoms with Crippen molar-refractivity contribution in [2.24, 2.45) is 0 Å². The fourth-order valence-electron chi connectivity index (χ4n) is 1.41. The minimum Gasteiger partial charge on any atom is -0.398 e. The van der Waals surface area contributed by atoms with E-state index in [0.717, 1.165) is 0 Å². The summed E-state index contributed by atoms with van der Waals surface area (Å²) in [7, 11) is 0. The molecule has 0 spiro atoms. The molecule has 2 aromatic carbocycles. The Bertz CT molecular complexity index is 584. The molecule has 0 aliphatic rings. The maximum atomic E-state index is 12.7. The van der Waals surface area contributed by atoms with Crippen LogP contribution in [0, 0.1) is 5.82 Å². The maximum absolute atomic E-state index is 12.7. The predicted molar refractivity (Wildman–Crippen MR) is 70.2 cm³/mol. The van der Waals surface area contributed by atoms with Crippen LogP contribution >= 0.6 is 11.6 Å². The van der Waals surface area contributed by atoms with Crippen molar-refractivity contribution in [2.45, 2.75) is 0 Å². The second-order valence-electron chi connectivity index (χ2n) is 3.70. The molecule has 0 aliphatic carbocycles. The van der Waals surface area contributed by atoms with Crippen LogP contribution in [-0.4, -0.2) is 5.91 Å². The van der Waals surface area contributed by atoms with Crippen LogP contribution in [0.4, 0.5) is 15.8 Å². The molecule has 0 aliphatic heterocycles. The Morgan fingerprint density at radius 1 is 1.17 bits per heavy atom. The van der Waals surface area contributed by atoms with Crippen LogP contribution in [0.1, 0.15) is 10.4 Å². The molecule has 0 fully saturated rings. The van der Waals surface area contributed by atoms with E-state index in [0.29, 0.717) is 22.0 Å². The van der Waals surface area contributed by atoms with Gasteiger partial charge in [-0.15, -0.1) is 0 Å². The molecule has 2 aromatic rings. The van der Waals surface area contributed by atoms with Crippen molar-refractivity contribution in [3.8, 4) is 0 Å². The van der Waals surface area contributed by atoms with Crippen molar-refractivity contribution in [1.82, 2.24) is 0 Å². The summed E-state index contributed by atoms with van der Waals surface area (Å²) in [6.45, 7) is 0. The van der Waals surface area contributed by atoms with E-state index in [1.165, 1.54) is 24.3 Å². The van der Waals surface area contributed by atoms with Gasteiger partial charge in [-0.3, -0.25) is 4.79 Å². The third kappa shape index (κ3) is 2.78. The number of carbonyl (C=O) groups excluding carboxylic acids is 1. The first-order chi connectivity index (χ1) is 8.56. The summed E-state index contributed by atoms with van der Waals surface area (Å²) >= 11 is 5.84. The molecule has 0 atom stereocenters. The highest BCUT2D eigenvalue weighted by Gasteiger charge is 2.07. The largest absolute Gasteiger partial charge is 0.398 e. The Balaban J connectivity index is 2.16. The summed E-state index contributed by atoms with van der Waals surface area (Å²) in [5.74, 6) is -0.724. The predicted octanol–water partition coefficient (Wildman–Crippen LogP) is 3.31. The first kappa shape index (κ1) is 12.4. The van der Waals surface area contributed by atoms with Crippen molar-refractivity contribution in [1.29, 1.82) is 0 Å². The molecule has 18 heavy (non-hydrogen) atoms. The molecule has 0 aromatic heterocycles. The summed E-state index contributed by atoms with van der Waals surface area (Å²) < 4.78 is 12.7. The van der Waals surface area contributed by atoms with Crippen molar-refractivity contribution in [3.05, 3.63) is 58.9 Å². The van der Waals surface area contributed by atoms with Crippen LogP contribution in [0.2, 0.25) is 5.02 Å². The fraction of sp³-hybridized carbons (Fsp3) is 0. The number of anilines is 2. The molecular weight excluding hydrogens is 255 g/mol. The lowest BCUT2D eigenvalue weighted by Crippen LogP contribution is -2.11. The fourth-order valence-corrected chi connectivity index (χ4v) is 1.59. The van der Waals surface area contributed by atoms with Gasteiger partial charge in [0.1, 0.15) is 5.82 Å². The zero-order valence-electron chi connectivity index (χ0n) is 9.28. The summed E-state index contributed by atoms with van der Waals surface area (Å²) in [5, 5.41) is 3.01. The van der Waals surface area contributed by atoms with E-state index in [-0.39, 0.29) is 11.7 Å². The van der Waals surface area contributed by atoms with Crippen LogP contribution in [0.15, 0.2) is 42.5 Å². The van der Waals surface area contributed by atoms with E-state index >= 15 is 0 Å². The lowest BCUT2D eigenvalue weighted by molar-refractivity contribution is 0.102. The van der Waals surface area contributed by atoms with Gasteiger partial charge in [0, 0.05) is 11.3 Å². The second kappa shape index (κ2) is 5.06. The molecule has 0 bridgehead atoms. The highest BCUT2D eigenvalue weighted by atomic mass is 35.5. The molecule has 3 N–H and O–H groups in total. The molecule has 1 amide bonds. The molecular formula is C13H10ClFN2O. The van der Waals surface area contributed by atoms with Gasteiger partial charge in [0.15, 0.2) is 0 Å². The van der Waals surface area contributed by atoms with Gasteiger partial charge in [-0.25, -0.2) is 4.39 Å². The molecule has 0 unspecified atom stereocenters. The van der Waals surface area contributed by atoms with Crippen molar-refractivity contribution in [2.75, 3.05) is 11.1 Å². The molecule has 3 nitrogen and oxygen atoms in total. The average Bonchev–Trinajstić information content (AvgIpc) is 2.34. The first-order valence-corrected chi connectivity index (χ1v) is 5.56. The van der Waals surface area contributed by atoms with Gasteiger partial charge in [-0.1, -0.05) is 11.6 Å². The smallest absolute Gasteiger partial charge is 0.255 e. The zero-order chi connectivity index (χ0) is 13.1. The maximum Gasteiger partial charge on any atom is 0.255 e. The number of hydrogen-bond donors (Lipinski definition) is 2. The number of carbonyl (C=O) groups is 1. The van der Waals surface area contributed by atoms with Gasteiger partial charge in [0.05, 0.1) is 10.7 Å². The van der Waals surface area contributed by atoms with E-state index in [1.807, 2.05) is 0 Å². The molecule has 0 saturated heterocycles. The van der Waals surface area contributed by atoms with E-state index in [4.69, 9.17) is 17.3 Å².